The second kappa shape index (κ2) is 8.34. The topological polar surface area (TPSA) is 21.3 Å². The van der Waals surface area contributed by atoms with Gasteiger partial charge in [-0.15, -0.1) is 0 Å². The summed E-state index contributed by atoms with van der Waals surface area (Å²) in [5.74, 6) is 0.698. The van der Waals surface area contributed by atoms with Gasteiger partial charge >= 0.3 is 0 Å². The number of aryl methyl sites for hydroxylation is 1. The van der Waals surface area contributed by atoms with Gasteiger partial charge in [-0.2, -0.15) is 0 Å². The largest absolute Gasteiger partial charge is 0.378 e. The van der Waals surface area contributed by atoms with Gasteiger partial charge in [0.15, 0.2) is 0 Å². The molecule has 0 saturated carbocycles. The highest BCUT2D eigenvalue weighted by molar-refractivity contribution is 5.14. The summed E-state index contributed by atoms with van der Waals surface area (Å²) in [4.78, 5) is 0. The first-order valence-corrected chi connectivity index (χ1v) is 7.76. The monoisotopic (exact) mass is 261 g/mol. The van der Waals surface area contributed by atoms with Crippen molar-refractivity contribution in [2.75, 3.05) is 19.7 Å². The van der Waals surface area contributed by atoms with Crippen LogP contribution in [0.1, 0.15) is 38.2 Å². The summed E-state index contributed by atoms with van der Waals surface area (Å²) in [6, 6.07) is 10.8. The molecule has 1 fully saturated rings. The fourth-order valence-corrected chi connectivity index (χ4v) is 2.87. The summed E-state index contributed by atoms with van der Waals surface area (Å²) in [7, 11) is 0. The third-order valence-corrected chi connectivity index (χ3v) is 3.97. The zero-order chi connectivity index (χ0) is 13.3. The predicted molar refractivity (Wildman–Crippen MR) is 80.4 cm³/mol. The van der Waals surface area contributed by atoms with E-state index in [0.29, 0.717) is 12.0 Å². The van der Waals surface area contributed by atoms with E-state index in [-0.39, 0.29) is 0 Å². The smallest absolute Gasteiger partial charge is 0.0618 e. The van der Waals surface area contributed by atoms with Gasteiger partial charge in [-0.3, -0.25) is 0 Å². The van der Waals surface area contributed by atoms with E-state index >= 15 is 0 Å². The van der Waals surface area contributed by atoms with Crippen molar-refractivity contribution < 1.29 is 4.74 Å². The van der Waals surface area contributed by atoms with Gasteiger partial charge in [-0.1, -0.05) is 37.3 Å². The lowest BCUT2D eigenvalue weighted by Crippen LogP contribution is -2.37. The van der Waals surface area contributed by atoms with Crippen LogP contribution in [0.3, 0.4) is 0 Å². The summed E-state index contributed by atoms with van der Waals surface area (Å²) in [5.41, 5.74) is 1.43. The lowest BCUT2D eigenvalue weighted by molar-refractivity contribution is -0.0298. The molecule has 0 bridgehead atoms. The molecular weight excluding hydrogens is 234 g/mol. The highest BCUT2D eigenvalue weighted by atomic mass is 16.5. The molecule has 0 radical (unpaired) electrons. The van der Waals surface area contributed by atoms with Crippen molar-refractivity contribution in [2.24, 2.45) is 5.92 Å². The second-order valence-electron chi connectivity index (χ2n) is 5.54. The lowest BCUT2D eigenvalue weighted by atomic mass is 9.90. The average Bonchev–Trinajstić information content (AvgIpc) is 2.48. The maximum Gasteiger partial charge on any atom is 0.0618 e. The summed E-state index contributed by atoms with van der Waals surface area (Å²) >= 11 is 0. The van der Waals surface area contributed by atoms with Crippen LogP contribution in [0.25, 0.3) is 0 Å². The van der Waals surface area contributed by atoms with Crippen molar-refractivity contribution in [1.82, 2.24) is 5.32 Å². The van der Waals surface area contributed by atoms with Gasteiger partial charge in [-0.05, 0) is 50.1 Å². The number of benzene rings is 1. The van der Waals surface area contributed by atoms with Gasteiger partial charge in [-0.25, -0.2) is 0 Å². The van der Waals surface area contributed by atoms with E-state index in [1.54, 1.807) is 0 Å². The van der Waals surface area contributed by atoms with Crippen LogP contribution in [0.4, 0.5) is 0 Å². The molecule has 0 spiro atoms. The molecule has 1 aliphatic rings. The Morgan fingerprint density at radius 1 is 1.26 bits per heavy atom. The Morgan fingerprint density at radius 2 is 2.11 bits per heavy atom. The van der Waals surface area contributed by atoms with Gasteiger partial charge in [0, 0.05) is 13.2 Å². The molecule has 0 amide bonds. The number of hydrogen-bond acceptors (Lipinski definition) is 2. The molecule has 1 aromatic carbocycles. The molecule has 2 nitrogen and oxygen atoms in total. The van der Waals surface area contributed by atoms with Crippen LogP contribution in [0, 0.1) is 5.92 Å². The summed E-state index contributed by atoms with van der Waals surface area (Å²) in [5, 5.41) is 3.55. The second-order valence-corrected chi connectivity index (χ2v) is 5.54. The highest BCUT2D eigenvalue weighted by Gasteiger charge is 2.25. The van der Waals surface area contributed by atoms with Crippen molar-refractivity contribution in [3.05, 3.63) is 35.9 Å². The zero-order valence-corrected chi connectivity index (χ0v) is 12.1. The standard InChI is InChI=1S/C17H27NO/c1-2-12-18-14-16-9-6-13-19-17(16)11-10-15-7-4-3-5-8-15/h3-5,7-8,16-18H,2,6,9-14H2,1H3. The van der Waals surface area contributed by atoms with Crippen LogP contribution < -0.4 is 5.32 Å². The Balaban J connectivity index is 1.78. The molecule has 2 heteroatoms. The quantitative estimate of drug-likeness (QED) is 0.759. The van der Waals surface area contributed by atoms with Crippen molar-refractivity contribution in [1.29, 1.82) is 0 Å². The molecule has 19 heavy (non-hydrogen) atoms. The highest BCUT2D eigenvalue weighted by Crippen LogP contribution is 2.24. The lowest BCUT2D eigenvalue weighted by Gasteiger charge is -2.32. The zero-order valence-electron chi connectivity index (χ0n) is 12.1. The van der Waals surface area contributed by atoms with E-state index in [1.165, 1.54) is 24.8 Å². The van der Waals surface area contributed by atoms with Crippen molar-refractivity contribution in [3.8, 4) is 0 Å². The first-order chi connectivity index (χ1) is 9.40. The summed E-state index contributed by atoms with van der Waals surface area (Å²) < 4.78 is 6.00. The number of rotatable bonds is 7. The molecule has 2 unspecified atom stereocenters. The Hall–Kier alpha value is -0.860. The predicted octanol–water partition coefficient (Wildman–Crippen LogP) is 3.41. The van der Waals surface area contributed by atoms with Crippen LogP contribution in [0.15, 0.2) is 30.3 Å². The van der Waals surface area contributed by atoms with E-state index < -0.39 is 0 Å². The van der Waals surface area contributed by atoms with Crippen LogP contribution >= 0.6 is 0 Å². The molecule has 1 saturated heterocycles. The van der Waals surface area contributed by atoms with Gasteiger partial charge in [0.05, 0.1) is 6.10 Å². The van der Waals surface area contributed by atoms with Crippen LogP contribution in [0.5, 0.6) is 0 Å². The Morgan fingerprint density at radius 3 is 2.89 bits per heavy atom. The van der Waals surface area contributed by atoms with E-state index in [1.807, 2.05) is 0 Å². The third-order valence-electron chi connectivity index (χ3n) is 3.97. The van der Waals surface area contributed by atoms with E-state index in [2.05, 4.69) is 42.6 Å². The Bertz CT molecular complexity index is 338. The molecule has 1 aromatic rings. The average molecular weight is 261 g/mol. The van der Waals surface area contributed by atoms with E-state index in [4.69, 9.17) is 4.74 Å². The Kier molecular flexibility index (Phi) is 6.38. The normalized spacial score (nSPS) is 23.4. The molecule has 1 heterocycles. The van der Waals surface area contributed by atoms with E-state index in [0.717, 1.165) is 32.5 Å². The maximum absolute atomic E-state index is 6.00. The molecule has 106 valence electrons. The van der Waals surface area contributed by atoms with Gasteiger partial charge in [0.1, 0.15) is 0 Å². The molecule has 1 aliphatic heterocycles. The minimum absolute atomic E-state index is 0.443. The first kappa shape index (κ1) is 14.5. The SMILES string of the molecule is CCCNCC1CCCOC1CCc1ccccc1. The summed E-state index contributed by atoms with van der Waals surface area (Å²) in [6.45, 7) is 5.41. The van der Waals surface area contributed by atoms with E-state index in [9.17, 15) is 0 Å². The number of hydrogen-bond donors (Lipinski definition) is 1. The summed E-state index contributed by atoms with van der Waals surface area (Å²) in [6.07, 6.45) is 6.48. The first-order valence-electron chi connectivity index (χ1n) is 7.76. The van der Waals surface area contributed by atoms with Crippen molar-refractivity contribution >= 4 is 0 Å². The van der Waals surface area contributed by atoms with Gasteiger partial charge < -0.3 is 10.1 Å². The minimum atomic E-state index is 0.443. The number of nitrogens with one attached hydrogen (secondary N) is 1. The molecule has 2 rings (SSSR count). The van der Waals surface area contributed by atoms with Crippen LogP contribution in [0.2, 0.25) is 0 Å². The van der Waals surface area contributed by atoms with Crippen molar-refractivity contribution in [2.45, 2.75) is 45.1 Å². The molecule has 0 aromatic heterocycles. The minimum Gasteiger partial charge on any atom is -0.378 e. The molecule has 2 atom stereocenters. The van der Waals surface area contributed by atoms with Gasteiger partial charge in [0.25, 0.3) is 0 Å². The van der Waals surface area contributed by atoms with Crippen molar-refractivity contribution in [3.63, 3.8) is 0 Å². The molecule has 1 N–H and O–H groups in total. The maximum atomic E-state index is 6.00. The van der Waals surface area contributed by atoms with Crippen LogP contribution in [-0.4, -0.2) is 25.8 Å². The van der Waals surface area contributed by atoms with Crippen LogP contribution in [-0.2, 0) is 11.2 Å². The molecular formula is C17H27NO. The van der Waals surface area contributed by atoms with Gasteiger partial charge in [0.2, 0.25) is 0 Å². The third kappa shape index (κ3) is 4.96. The number of ether oxygens (including phenoxy) is 1. The Labute approximate surface area is 117 Å². The fourth-order valence-electron chi connectivity index (χ4n) is 2.87. The fraction of sp³-hybridized carbons (Fsp3) is 0.647. The molecule has 0 aliphatic carbocycles.